The van der Waals surface area contributed by atoms with Crippen molar-refractivity contribution in [3.8, 4) is 17.0 Å². The number of piperazine rings is 1. The first-order valence-electron chi connectivity index (χ1n) is 20.8. The van der Waals surface area contributed by atoms with Crippen molar-refractivity contribution >= 4 is 57.3 Å². The molecule has 0 bridgehead atoms. The van der Waals surface area contributed by atoms with E-state index in [1.807, 2.05) is 39.1 Å². The molecule has 3 N–H and O–H groups in total. The largest absolute Gasteiger partial charge is 0.485 e. The average Bonchev–Trinajstić information content (AvgIpc) is 4.02. The lowest BCUT2D eigenvalue weighted by Gasteiger charge is -2.41. The van der Waals surface area contributed by atoms with Crippen LogP contribution in [0.5, 0.6) is 5.75 Å². The Morgan fingerprint density at radius 3 is 2.70 bits per heavy atom. The van der Waals surface area contributed by atoms with Crippen LogP contribution in [-0.4, -0.2) is 130 Å². The fraction of sp³-hybridized carbons (Fsp3) is 0.452. The summed E-state index contributed by atoms with van der Waals surface area (Å²) in [7, 11) is 2.15. The van der Waals surface area contributed by atoms with E-state index >= 15 is 0 Å². The molecule has 61 heavy (non-hydrogen) atoms. The maximum absolute atomic E-state index is 14.0. The maximum atomic E-state index is 14.0. The molecule has 2 aromatic carbocycles. The number of piperidine rings is 1. The highest BCUT2D eigenvalue weighted by Gasteiger charge is 2.31. The average molecular weight is 851 g/mol. The van der Waals surface area contributed by atoms with E-state index in [4.69, 9.17) is 9.72 Å². The van der Waals surface area contributed by atoms with Crippen molar-refractivity contribution < 1.29 is 18.5 Å². The van der Waals surface area contributed by atoms with E-state index in [0.717, 1.165) is 71.6 Å². The minimum Gasteiger partial charge on any atom is -0.485 e. The quantitative estimate of drug-likeness (QED) is 0.127. The summed E-state index contributed by atoms with van der Waals surface area (Å²) in [5, 5.41) is 23.2. The molecule has 4 aromatic heterocycles. The monoisotopic (exact) mass is 850 g/mol. The van der Waals surface area contributed by atoms with Crippen LogP contribution in [0.4, 0.5) is 17.5 Å². The number of aromatic nitrogens is 8. The summed E-state index contributed by atoms with van der Waals surface area (Å²) >= 11 is 0. The van der Waals surface area contributed by atoms with Crippen LogP contribution in [0.2, 0.25) is 0 Å². The van der Waals surface area contributed by atoms with Crippen LogP contribution < -0.4 is 25.2 Å². The first-order chi connectivity index (χ1) is 29.5. The van der Waals surface area contributed by atoms with Gasteiger partial charge in [0, 0.05) is 101 Å². The summed E-state index contributed by atoms with van der Waals surface area (Å²) < 4.78 is 25.7. The summed E-state index contributed by atoms with van der Waals surface area (Å²) in [6.45, 7) is 13.2. The number of fused-ring (bicyclic) bond motifs is 2. The molecule has 2 aliphatic rings. The SMILES string of the molecule is CNC(=O)CCN(C=O)c1nn(C)c2cc(N3CCN(Cc4cccc(S(=O)N5CCC(Nc6nc7c(OC(C)C)c(-c8cn[nH]c8)ncn7n6)C(C)C5)c4)C(C)C3)ccc12. The minimum absolute atomic E-state index is 0.0902. The fourth-order valence-corrected chi connectivity index (χ4v) is 9.64. The molecule has 2 amide bonds. The smallest absolute Gasteiger partial charge is 0.243 e. The van der Waals surface area contributed by atoms with E-state index in [1.54, 1.807) is 35.0 Å². The van der Waals surface area contributed by atoms with Crippen molar-refractivity contribution in [2.75, 3.05) is 61.4 Å². The van der Waals surface area contributed by atoms with E-state index < -0.39 is 11.0 Å². The molecule has 4 unspecified atom stereocenters. The van der Waals surface area contributed by atoms with Crippen LogP contribution in [0.15, 0.2) is 66.1 Å². The summed E-state index contributed by atoms with van der Waals surface area (Å²) in [5.41, 5.74) is 5.18. The van der Waals surface area contributed by atoms with Crippen molar-refractivity contribution in [1.82, 2.24) is 54.1 Å². The Balaban J connectivity index is 0.870. The lowest BCUT2D eigenvalue weighted by atomic mass is 9.95. The van der Waals surface area contributed by atoms with Gasteiger partial charge in [0.25, 0.3) is 0 Å². The number of amides is 2. The number of carbonyl (C=O) groups excluding carboxylic acids is 2. The Labute approximate surface area is 357 Å². The topological polar surface area (TPSA) is 187 Å². The Morgan fingerprint density at radius 1 is 1.11 bits per heavy atom. The number of rotatable bonds is 15. The second-order valence-electron chi connectivity index (χ2n) is 16.2. The van der Waals surface area contributed by atoms with Gasteiger partial charge in [0.05, 0.1) is 22.7 Å². The van der Waals surface area contributed by atoms with Crippen molar-refractivity contribution in [2.24, 2.45) is 13.0 Å². The van der Waals surface area contributed by atoms with Crippen LogP contribution in [0.3, 0.4) is 0 Å². The molecule has 19 heteroatoms. The molecule has 8 rings (SSSR count). The molecule has 0 spiro atoms. The van der Waals surface area contributed by atoms with Crippen molar-refractivity contribution in [3.63, 3.8) is 0 Å². The summed E-state index contributed by atoms with van der Waals surface area (Å²) in [4.78, 5) is 40.4. The normalized spacial score (nSPS) is 19.4. The van der Waals surface area contributed by atoms with Gasteiger partial charge in [-0.15, -0.1) is 5.10 Å². The molecule has 0 aliphatic carbocycles. The van der Waals surface area contributed by atoms with Gasteiger partial charge < -0.3 is 20.3 Å². The van der Waals surface area contributed by atoms with E-state index in [1.165, 1.54) is 4.90 Å². The molecular weight excluding hydrogens is 797 g/mol. The van der Waals surface area contributed by atoms with Gasteiger partial charge in [-0.2, -0.15) is 19.7 Å². The van der Waals surface area contributed by atoms with Crippen LogP contribution in [0.1, 0.15) is 46.1 Å². The first-order valence-corrected chi connectivity index (χ1v) is 21.9. The standard InChI is InChI=1S/C42H54N14O4S/c1-27(2)60-39-38(31-20-45-46-21-31)44-25-56-41(39)48-42(50-56)47-35-12-15-55(22-28(35)3)61(59)33-9-7-8-30(18-33)24-52-16-17-53(23-29(52)4)32-10-11-34-36(19-32)51(6)49-40(34)54(26-57)14-13-37(58)43-5/h7-11,18-21,25-29,35H,12-17,22-24H2,1-6H3,(H,43,58)(H,45,46)(H,47,50). The zero-order chi connectivity index (χ0) is 42.8. The molecule has 6 aromatic rings. The summed E-state index contributed by atoms with van der Waals surface area (Å²) in [5.74, 6) is 1.64. The zero-order valence-corrected chi connectivity index (χ0v) is 36.3. The van der Waals surface area contributed by atoms with E-state index in [2.05, 4.69) is 88.2 Å². The number of carbonyl (C=O) groups is 2. The molecular formula is C42H54N14O4S. The summed E-state index contributed by atoms with van der Waals surface area (Å²) in [6, 6.07) is 14.8. The highest BCUT2D eigenvalue weighted by molar-refractivity contribution is 7.82. The van der Waals surface area contributed by atoms with Gasteiger partial charge in [-0.25, -0.2) is 13.5 Å². The molecule has 4 atom stereocenters. The Bertz CT molecular complexity index is 2520. The van der Waals surface area contributed by atoms with E-state index in [-0.39, 0.29) is 43.0 Å². The van der Waals surface area contributed by atoms with Crippen LogP contribution in [-0.2, 0) is 34.2 Å². The fourth-order valence-electron chi connectivity index (χ4n) is 8.26. The van der Waals surface area contributed by atoms with Gasteiger partial charge in [-0.3, -0.25) is 29.2 Å². The number of benzene rings is 2. The van der Waals surface area contributed by atoms with Crippen molar-refractivity contribution in [1.29, 1.82) is 0 Å². The van der Waals surface area contributed by atoms with Gasteiger partial charge in [0.15, 0.2) is 11.6 Å². The van der Waals surface area contributed by atoms with Gasteiger partial charge in [0.2, 0.25) is 23.9 Å². The third-order valence-electron chi connectivity index (χ3n) is 11.6. The third-order valence-corrected chi connectivity index (χ3v) is 13.0. The predicted octanol–water partition coefficient (Wildman–Crippen LogP) is 3.84. The Kier molecular flexibility index (Phi) is 12.3. The Morgan fingerprint density at radius 2 is 1.97 bits per heavy atom. The zero-order valence-electron chi connectivity index (χ0n) is 35.5. The first kappa shape index (κ1) is 41.8. The second kappa shape index (κ2) is 18.0. The molecule has 322 valence electrons. The summed E-state index contributed by atoms with van der Waals surface area (Å²) in [6.07, 6.45) is 6.73. The number of ether oxygens (including phenoxy) is 1. The Hall–Kier alpha value is -5.92. The number of nitrogens with zero attached hydrogens (tertiary/aromatic N) is 11. The number of aromatic amines is 1. The van der Waals surface area contributed by atoms with Gasteiger partial charge >= 0.3 is 0 Å². The molecule has 2 aliphatic heterocycles. The third kappa shape index (κ3) is 8.94. The molecule has 0 radical (unpaired) electrons. The van der Waals surface area contributed by atoms with Crippen LogP contribution in [0.25, 0.3) is 27.8 Å². The highest BCUT2D eigenvalue weighted by atomic mass is 32.2. The number of hydrogen-bond acceptors (Lipinski definition) is 12. The van der Waals surface area contributed by atoms with Gasteiger partial charge in [0.1, 0.15) is 23.0 Å². The number of aryl methyl sites for hydroxylation is 1. The molecule has 0 saturated carbocycles. The van der Waals surface area contributed by atoms with E-state index in [0.29, 0.717) is 41.9 Å². The van der Waals surface area contributed by atoms with Gasteiger partial charge in [-0.1, -0.05) is 19.1 Å². The maximum Gasteiger partial charge on any atom is 0.243 e. The predicted molar refractivity (Wildman–Crippen MR) is 235 cm³/mol. The van der Waals surface area contributed by atoms with Crippen LogP contribution >= 0.6 is 0 Å². The van der Waals surface area contributed by atoms with E-state index in [9.17, 15) is 13.8 Å². The van der Waals surface area contributed by atoms with Crippen molar-refractivity contribution in [3.05, 3.63) is 66.7 Å². The molecule has 2 fully saturated rings. The molecule has 18 nitrogen and oxygen atoms in total. The van der Waals surface area contributed by atoms with Gasteiger partial charge in [-0.05, 0) is 69.0 Å². The number of hydrogen-bond donors (Lipinski definition) is 3. The number of anilines is 3. The van der Waals surface area contributed by atoms with Crippen LogP contribution in [0, 0.1) is 5.92 Å². The lowest BCUT2D eigenvalue weighted by Crippen LogP contribution is -2.51. The molecule has 6 heterocycles. The molecule has 2 saturated heterocycles. The highest BCUT2D eigenvalue weighted by Crippen LogP contribution is 2.34. The minimum atomic E-state index is -1.30. The number of nitrogens with one attached hydrogen (secondary N) is 3. The van der Waals surface area contributed by atoms with Crippen molar-refractivity contribution in [2.45, 2.75) is 70.2 Å². The lowest BCUT2D eigenvalue weighted by molar-refractivity contribution is -0.120. The second-order valence-corrected chi connectivity index (χ2v) is 17.7. The number of H-pyrrole nitrogens is 1.